The number of aromatic nitrogens is 4. The number of nitrogens with one attached hydrogen (secondary N) is 1. The highest BCUT2D eigenvalue weighted by Gasteiger charge is 2.08. The smallest absolute Gasteiger partial charge is 0.230 e. The van der Waals surface area contributed by atoms with Crippen LogP contribution < -0.4 is 5.32 Å². The lowest BCUT2D eigenvalue weighted by molar-refractivity contribution is -0.115. The maximum absolute atomic E-state index is 12.2. The third kappa shape index (κ3) is 5.29. The summed E-state index contributed by atoms with van der Waals surface area (Å²) < 4.78 is 3.67. The van der Waals surface area contributed by atoms with E-state index >= 15 is 0 Å². The van der Waals surface area contributed by atoms with Crippen molar-refractivity contribution in [2.75, 3.05) is 26.0 Å². The van der Waals surface area contributed by atoms with Crippen molar-refractivity contribution >= 4 is 11.7 Å². The average Bonchev–Trinajstić information content (AvgIpc) is 3.23. The van der Waals surface area contributed by atoms with Crippen LogP contribution in [0.3, 0.4) is 0 Å². The fourth-order valence-corrected chi connectivity index (χ4v) is 2.58. The topological polar surface area (TPSA) is 68.0 Å². The number of rotatable bonds is 8. The lowest BCUT2D eigenvalue weighted by atomic mass is 10.2. The summed E-state index contributed by atoms with van der Waals surface area (Å²) in [4.78, 5) is 14.3. The van der Waals surface area contributed by atoms with E-state index in [-0.39, 0.29) is 12.3 Å². The molecule has 1 N–H and O–H groups in total. The molecule has 0 bridgehead atoms. The number of hydrogen-bond donors (Lipinski definition) is 1. The molecule has 0 aliphatic heterocycles. The Morgan fingerprint density at radius 3 is 2.69 bits per heavy atom. The number of benzene rings is 1. The molecule has 7 heteroatoms. The number of carbonyl (C=O) groups excluding carboxylic acids is 1. The molecule has 0 unspecified atom stereocenters. The molecule has 0 saturated heterocycles. The lowest BCUT2D eigenvalue weighted by Gasteiger charge is -2.08. The van der Waals surface area contributed by atoms with Crippen molar-refractivity contribution in [3.8, 4) is 0 Å². The summed E-state index contributed by atoms with van der Waals surface area (Å²) in [6.07, 6.45) is 5.79. The van der Waals surface area contributed by atoms with Gasteiger partial charge in [-0.25, -0.2) is 0 Å². The Bertz CT molecular complexity index is 837. The molecule has 136 valence electrons. The molecular formula is C19H24N6O. The van der Waals surface area contributed by atoms with E-state index in [9.17, 15) is 4.79 Å². The van der Waals surface area contributed by atoms with Gasteiger partial charge in [0, 0.05) is 25.0 Å². The van der Waals surface area contributed by atoms with Gasteiger partial charge in [-0.1, -0.05) is 30.3 Å². The van der Waals surface area contributed by atoms with E-state index in [1.807, 2.05) is 60.1 Å². The highest BCUT2D eigenvalue weighted by Crippen LogP contribution is 2.07. The second kappa shape index (κ2) is 8.44. The van der Waals surface area contributed by atoms with Gasteiger partial charge in [-0.3, -0.25) is 14.2 Å². The average molecular weight is 352 g/mol. The Kier molecular flexibility index (Phi) is 5.80. The molecule has 2 heterocycles. The third-order valence-electron chi connectivity index (χ3n) is 3.92. The molecule has 1 aromatic carbocycles. The van der Waals surface area contributed by atoms with E-state index in [1.54, 1.807) is 6.20 Å². The maximum Gasteiger partial charge on any atom is 0.230 e. The molecule has 2 aromatic heterocycles. The SMILES string of the molecule is CN(C)CCn1ccc(NC(=O)Cc2cnn(Cc3ccccc3)c2)n1. The summed E-state index contributed by atoms with van der Waals surface area (Å²) in [6, 6.07) is 11.9. The van der Waals surface area contributed by atoms with Gasteiger partial charge in [-0.15, -0.1) is 0 Å². The first-order valence-corrected chi connectivity index (χ1v) is 8.62. The summed E-state index contributed by atoms with van der Waals surface area (Å²) in [5, 5.41) is 11.5. The van der Waals surface area contributed by atoms with Gasteiger partial charge in [0.15, 0.2) is 5.82 Å². The summed E-state index contributed by atoms with van der Waals surface area (Å²) in [5.74, 6) is 0.479. The van der Waals surface area contributed by atoms with Crippen LogP contribution in [0.15, 0.2) is 55.0 Å². The minimum absolute atomic E-state index is 0.0953. The van der Waals surface area contributed by atoms with Crippen LogP contribution in [0, 0.1) is 0 Å². The fourth-order valence-electron chi connectivity index (χ4n) is 2.58. The normalized spacial score (nSPS) is 11.0. The molecule has 0 aliphatic carbocycles. The van der Waals surface area contributed by atoms with Crippen LogP contribution >= 0.6 is 0 Å². The van der Waals surface area contributed by atoms with Gasteiger partial charge < -0.3 is 10.2 Å². The minimum Gasteiger partial charge on any atom is -0.309 e. The Balaban J connectivity index is 1.51. The van der Waals surface area contributed by atoms with Crippen molar-refractivity contribution in [3.63, 3.8) is 0 Å². The number of anilines is 1. The van der Waals surface area contributed by atoms with Crippen molar-refractivity contribution < 1.29 is 4.79 Å². The lowest BCUT2D eigenvalue weighted by Crippen LogP contribution is -2.19. The van der Waals surface area contributed by atoms with E-state index < -0.39 is 0 Å². The second-order valence-electron chi connectivity index (χ2n) is 6.52. The predicted octanol–water partition coefficient (Wildman–Crippen LogP) is 1.87. The van der Waals surface area contributed by atoms with E-state index in [4.69, 9.17) is 0 Å². The summed E-state index contributed by atoms with van der Waals surface area (Å²) in [5.41, 5.74) is 2.06. The zero-order valence-electron chi connectivity index (χ0n) is 15.2. The van der Waals surface area contributed by atoms with Crippen LogP contribution in [-0.4, -0.2) is 51.0 Å². The first-order chi connectivity index (χ1) is 12.6. The predicted molar refractivity (Wildman–Crippen MR) is 101 cm³/mol. The van der Waals surface area contributed by atoms with E-state index in [2.05, 4.69) is 32.5 Å². The Hall–Kier alpha value is -2.93. The second-order valence-corrected chi connectivity index (χ2v) is 6.52. The number of carbonyl (C=O) groups is 1. The zero-order chi connectivity index (χ0) is 18.4. The quantitative estimate of drug-likeness (QED) is 0.672. The van der Waals surface area contributed by atoms with Gasteiger partial charge in [0.25, 0.3) is 0 Å². The Labute approximate surface area is 153 Å². The van der Waals surface area contributed by atoms with Crippen LogP contribution in [0.5, 0.6) is 0 Å². The molecule has 26 heavy (non-hydrogen) atoms. The molecule has 7 nitrogen and oxygen atoms in total. The Morgan fingerprint density at radius 2 is 1.92 bits per heavy atom. The highest BCUT2D eigenvalue weighted by molar-refractivity contribution is 5.91. The first kappa shape index (κ1) is 17.9. The molecule has 0 atom stereocenters. The number of likely N-dealkylation sites (N-methyl/N-ethyl adjacent to an activating group) is 1. The fraction of sp³-hybridized carbons (Fsp3) is 0.316. The third-order valence-corrected chi connectivity index (χ3v) is 3.92. The zero-order valence-corrected chi connectivity index (χ0v) is 15.2. The molecule has 0 saturated carbocycles. The number of hydrogen-bond acceptors (Lipinski definition) is 4. The summed E-state index contributed by atoms with van der Waals surface area (Å²) >= 11 is 0. The van der Waals surface area contributed by atoms with Gasteiger partial charge in [0.2, 0.25) is 5.91 Å². The highest BCUT2D eigenvalue weighted by atomic mass is 16.1. The van der Waals surface area contributed by atoms with Crippen molar-refractivity contribution in [2.24, 2.45) is 0 Å². The van der Waals surface area contributed by atoms with Gasteiger partial charge in [0.1, 0.15) is 0 Å². The van der Waals surface area contributed by atoms with Crippen molar-refractivity contribution in [3.05, 3.63) is 66.1 Å². The molecule has 1 amide bonds. The summed E-state index contributed by atoms with van der Waals surface area (Å²) in [7, 11) is 4.04. The van der Waals surface area contributed by atoms with Crippen LogP contribution in [0.1, 0.15) is 11.1 Å². The van der Waals surface area contributed by atoms with Gasteiger partial charge in [-0.05, 0) is 25.2 Å². The first-order valence-electron chi connectivity index (χ1n) is 8.62. The molecule has 3 aromatic rings. The van der Waals surface area contributed by atoms with Crippen LogP contribution in [0.2, 0.25) is 0 Å². The van der Waals surface area contributed by atoms with E-state index in [0.29, 0.717) is 12.4 Å². The number of nitrogens with zero attached hydrogens (tertiary/aromatic N) is 5. The molecule has 0 spiro atoms. The van der Waals surface area contributed by atoms with Gasteiger partial charge in [-0.2, -0.15) is 10.2 Å². The van der Waals surface area contributed by atoms with E-state index in [1.165, 1.54) is 5.56 Å². The number of amides is 1. The van der Waals surface area contributed by atoms with Crippen LogP contribution in [0.4, 0.5) is 5.82 Å². The molecular weight excluding hydrogens is 328 g/mol. The minimum atomic E-state index is -0.0953. The summed E-state index contributed by atoms with van der Waals surface area (Å²) in [6.45, 7) is 2.38. The van der Waals surface area contributed by atoms with Crippen molar-refractivity contribution in [1.29, 1.82) is 0 Å². The molecule has 0 fully saturated rings. The standard InChI is InChI=1S/C19H24N6O/c1-23(2)10-11-24-9-8-18(22-24)21-19(26)12-17-13-20-25(15-17)14-16-6-4-3-5-7-16/h3-9,13,15H,10-12,14H2,1-2H3,(H,21,22,26). The molecule has 0 aliphatic rings. The largest absolute Gasteiger partial charge is 0.309 e. The van der Waals surface area contributed by atoms with Crippen molar-refractivity contribution in [1.82, 2.24) is 24.5 Å². The molecule has 0 radical (unpaired) electrons. The van der Waals surface area contributed by atoms with Crippen molar-refractivity contribution in [2.45, 2.75) is 19.5 Å². The monoisotopic (exact) mass is 352 g/mol. The molecule has 3 rings (SSSR count). The van der Waals surface area contributed by atoms with Crippen LogP contribution in [0.25, 0.3) is 0 Å². The van der Waals surface area contributed by atoms with Gasteiger partial charge in [0.05, 0.1) is 25.7 Å². The van der Waals surface area contributed by atoms with E-state index in [0.717, 1.165) is 18.7 Å². The van der Waals surface area contributed by atoms with Crippen LogP contribution in [-0.2, 0) is 24.3 Å². The Morgan fingerprint density at radius 1 is 1.12 bits per heavy atom. The maximum atomic E-state index is 12.2. The van der Waals surface area contributed by atoms with Gasteiger partial charge >= 0.3 is 0 Å².